The maximum atomic E-state index is 6.15. The third kappa shape index (κ3) is 5.25. The molecule has 0 aromatic carbocycles. The molecule has 5 heteroatoms. The highest BCUT2D eigenvalue weighted by molar-refractivity contribution is 7.25. The lowest BCUT2D eigenvalue weighted by Crippen LogP contribution is -2.40. The van der Waals surface area contributed by atoms with Gasteiger partial charge in [-0.3, -0.25) is 0 Å². The zero-order valence-electron chi connectivity index (χ0n) is 7.58. The van der Waals surface area contributed by atoms with Crippen LogP contribution in [0.3, 0.4) is 0 Å². The number of hydrogen-bond acceptors (Lipinski definition) is 1. The van der Waals surface area contributed by atoms with Crippen molar-refractivity contribution in [3.63, 3.8) is 0 Å². The molecule has 0 aliphatic carbocycles. The molecule has 0 amide bonds. The summed E-state index contributed by atoms with van der Waals surface area (Å²) < 4.78 is 5.73. The van der Waals surface area contributed by atoms with E-state index in [9.17, 15) is 0 Å². The van der Waals surface area contributed by atoms with Crippen LogP contribution in [0.2, 0.25) is 25.2 Å². The molecule has 1 nitrogen and oxygen atoms in total. The predicted octanol–water partition coefficient (Wildman–Crippen LogP) is 3.66. The van der Waals surface area contributed by atoms with Crippen LogP contribution in [0.4, 0.5) is 0 Å². The summed E-state index contributed by atoms with van der Waals surface area (Å²) in [6.45, 7) is 8.10. The van der Waals surface area contributed by atoms with E-state index < -0.39 is 15.3 Å². The molecule has 0 aromatic rings. The molecule has 0 aliphatic heterocycles. The predicted molar refractivity (Wildman–Crippen MR) is 57.0 cm³/mol. The second kappa shape index (κ2) is 4.28. The van der Waals surface area contributed by atoms with Gasteiger partial charge in [-0.1, -0.05) is 13.8 Å². The highest BCUT2D eigenvalue weighted by atomic mass is 35.6. The van der Waals surface area contributed by atoms with Crippen molar-refractivity contribution in [3.8, 4) is 0 Å². The first-order chi connectivity index (χ1) is 4.83. The van der Waals surface area contributed by atoms with Crippen LogP contribution in [0.1, 0.15) is 13.8 Å². The monoisotopic (exact) mass is 230 g/mol. The maximum Gasteiger partial charge on any atom is 0.277 e. The standard InChI is InChI=1S/C6H16Cl2OSi2/c1-5-10(3,7)9-11(4,8)6-2/h5-6H2,1-4H3. The van der Waals surface area contributed by atoms with Gasteiger partial charge in [-0.05, 0) is 25.2 Å². The van der Waals surface area contributed by atoms with E-state index in [1.807, 2.05) is 13.1 Å². The van der Waals surface area contributed by atoms with E-state index in [-0.39, 0.29) is 0 Å². The van der Waals surface area contributed by atoms with E-state index in [1.54, 1.807) is 0 Å². The van der Waals surface area contributed by atoms with Gasteiger partial charge in [0.15, 0.2) is 0 Å². The van der Waals surface area contributed by atoms with Crippen molar-refractivity contribution in [3.05, 3.63) is 0 Å². The van der Waals surface area contributed by atoms with Gasteiger partial charge >= 0.3 is 0 Å². The van der Waals surface area contributed by atoms with E-state index in [0.717, 1.165) is 12.1 Å². The Morgan fingerprint density at radius 3 is 1.45 bits per heavy atom. The van der Waals surface area contributed by atoms with Gasteiger partial charge in [0.25, 0.3) is 15.3 Å². The zero-order chi connectivity index (χ0) is 9.12. The molecule has 0 N–H and O–H groups in total. The van der Waals surface area contributed by atoms with Crippen molar-refractivity contribution < 1.29 is 4.12 Å². The van der Waals surface area contributed by atoms with E-state index in [0.29, 0.717) is 0 Å². The van der Waals surface area contributed by atoms with Crippen molar-refractivity contribution in [2.45, 2.75) is 39.0 Å². The van der Waals surface area contributed by atoms with Crippen LogP contribution in [0.25, 0.3) is 0 Å². The van der Waals surface area contributed by atoms with Crippen molar-refractivity contribution in [2.24, 2.45) is 0 Å². The summed E-state index contributed by atoms with van der Waals surface area (Å²) in [6.07, 6.45) is 0. The molecule has 2 unspecified atom stereocenters. The van der Waals surface area contributed by atoms with Crippen LogP contribution in [-0.2, 0) is 4.12 Å². The molecular formula is C6H16Cl2OSi2. The molecule has 0 bridgehead atoms. The van der Waals surface area contributed by atoms with Gasteiger partial charge in [0, 0.05) is 0 Å². The van der Waals surface area contributed by atoms with Crippen molar-refractivity contribution in [1.82, 2.24) is 0 Å². The fourth-order valence-electron chi connectivity index (χ4n) is 0.588. The lowest BCUT2D eigenvalue weighted by atomic mass is 11.0. The van der Waals surface area contributed by atoms with Crippen LogP contribution in [0.15, 0.2) is 0 Å². The first-order valence-corrected chi connectivity index (χ1v) is 11.2. The first kappa shape index (κ1) is 12.0. The summed E-state index contributed by atoms with van der Waals surface area (Å²) in [7, 11) is -3.86. The SMILES string of the molecule is CC[Si](C)(Cl)O[Si](C)(Cl)CC. The summed E-state index contributed by atoms with van der Waals surface area (Å²) in [5, 5.41) is 0. The van der Waals surface area contributed by atoms with Crippen LogP contribution < -0.4 is 0 Å². The molecule has 0 aromatic heterocycles. The van der Waals surface area contributed by atoms with Gasteiger partial charge in [0.2, 0.25) is 0 Å². The Bertz CT molecular complexity index is 114. The quantitative estimate of drug-likeness (QED) is 0.530. The summed E-state index contributed by atoms with van der Waals surface area (Å²) in [5.41, 5.74) is 0. The lowest BCUT2D eigenvalue weighted by molar-refractivity contribution is 0.573. The Balaban J connectivity index is 4.02. The second-order valence-corrected chi connectivity index (χ2v) is 14.4. The number of halogens is 2. The second-order valence-electron chi connectivity index (χ2n) is 3.01. The normalized spacial score (nSPS) is 22.4. The zero-order valence-corrected chi connectivity index (χ0v) is 11.1. The Morgan fingerprint density at radius 1 is 1.00 bits per heavy atom. The first-order valence-electron chi connectivity index (χ1n) is 3.91. The maximum absolute atomic E-state index is 6.15. The van der Waals surface area contributed by atoms with Gasteiger partial charge in [0.05, 0.1) is 0 Å². The Morgan fingerprint density at radius 2 is 1.27 bits per heavy atom. The Kier molecular flexibility index (Phi) is 4.66. The summed E-state index contributed by atoms with van der Waals surface area (Å²) in [4.78, 5) is 0. The average molecular weight is 231 g/mol. The third-order valence-corrected chi connectivity index (χ3v) is 10.6. The molecule has 68 valence electrons. The third-order valence-electron chi connectivity index (χ3n) is 1.69. The smallest absolute Gasteiger partial charge is 0.277 e. The minimum atomic E-state index is -1.93. The van der Waals surface area contributed by atoms with E-state index >= 15 is 0 Å². The van der Waals surface area contributed by atoms with Crippen molar-refractivity contribution >= 4 is 37.4 Å². The molecule has 2 atom stereocenters. The lowest BCUT2D eigenvalue weighted by Gasteiger charge is -2.27. The van der Waals surface area contributed by atoms with Gasteiger partial charge in [-0.25, -0.2) is 0 Å². The Hall–Kier alpha value is 0.974. The van der Waals surface area contributed by atoms with E-state index in [4.69, 9.17) is 26.3 Å². The van der Waals surface area contributed by atoms with Crippen molar-refractivity contribution in [2.75, 3.05) is 0 Å². The van der Waals surface area contributed by atoms with Gasteiger partial charge in [-0.2, -0.15) is 0 Å². The fraction of sp³-hybridized carbons (Fsp3) is 1.00. The molecule has 0 radical (unpaired) electrons. The summed E-state index contributed by atoms with van der Waals surface area (Å²) >= 11 is 12.3. The number of rotatable bonds is 4. The van der Waals surface area contributed by atoms with Crippen molar-refractivity contribution in [1.29, 1.82) is 0 Å². The Labute approximate surface area is 80.7 Å². The van der Waals surface area contributed by atoms with E-state index in [2.05, 4.69) is 13.8 Å². The highest BCUT2D eigenvalue weighted by Crippen LogP contribution is 2.26. The summed E-state index contributed by atoms with van der Waals surface area (Å²) in [6, 6.07) is 1.84. The highest BCUT2D eigenvalue weighted by Gasteiger charge is 2.34. The largest absolute Gasteiger partial charge is 0.433 e. The van der Waals surface area contributed by atoms with Gasteiger partial charge in [-0.15, -0.1) is 22.2 Å². The molecule has 0 fully saturated rings. The van der Waals surface area contributed by atoms with Gasteiger partial charge in [0.1, 0.15) is 0 Å². The molecule has 0 heterocycles. The number of hydrogen-bond donors (Lipinski definition) is 0. The van der Waals surface area contributed by atoms with Crippen LogP contribution in [0.5, 0.6) is 0 Å². The average Bonchev–Trinajstić information content (AvgIpc) is 1.86. The van der Waals surface area contributed by atoms with Gasteiger partial charge < -0.3 is 4.12 Å². The molecule has 0 rings (SSSR count). The van der Waals surface area contributed by atoms with Crippen LogP contribution >= 0.6 is 22.2 Å². The molecule has 11 heavy (non-hydrogen) atoms. The fourth-order valence-corrected chi connectivity index (χ4v) is 8.71. The summed E-state index contributed by atoms with van der Waals surface area (Å²) in [5.74, 6) is 0. The minimum absolute atomic E-state index is 0.921. The topological polar surface area (TPSA) is 9.23 Å². The molecule has 0 aliphatic rings. The van der Waals surface area contributed by atoms with Crippen LogP contribution in [-0.4, -0.2) is 15.3 Å². The molecule has 0 saturated heterocycles. The minimum Gasteiger partial charge on any atom is -0.433 e. The molecule has 0 spiro atoms. The molecular weight excluding hydrogens is 215 g/mol. The van der Waals surface area contributed by atoms with E-state index in [1.165, 1.54) is 0 Å². The molecule has 0 saturated carbocycles. The van der Waals surface area contributed by atoms with Crippen LogP contribution in [0, 0.1) is 0 Å².